The average molecular weight is 362 g/mol. The third-order valence-electron chi connectivity index (χ3n) is 8.80. The van der Waals surface area contributed by atoms with Gasteiger partial charge in [0.05, 0.1) is 12.7 Å². The predicted molar refractivity (Wildman–Crippen MR) is 89.7 cm³/mol. The number of ketones is 1. The molecule has 6 fully saturated rings. The molecule has 2 saturated heterocycles. The third kappa shape index (κ3) is 1.39. The molecule has 4 bridgehead atoms. The van der Waals surface area contributed by atoms with Gasteiger partial charge < -0.3 is 24.9 Å². The molecule has 26 heavy (non-hydrogen) atoms. The molecule has 6 heteroatoms. The van der Waals surface area contributed by atoms with Crippen molar-refractivity contribution in [2.45, 2.75) is 57.0 Å². The summed E-state index contributed by atoms with van der Waals surface area (Å²) in [6.45, 7) is 5.93. The molecule has 0 aromatic heterocycles. The standard InChI is InChI=1S/C20H26O6/c1-10-11-4-5-12-18-7-3-6-17(2,8-21)13(18)16(24)20(25,26-9-18)19(12,14(10)22)15(11)23/h8,11-13,15-16,23-25H,1,3-7,9H2,2H3. The Bertz CT molecular complexity index is 734. The molecule has 0 amide bonds. The van der Waals surface area contributed by atoms with Crippen LogP contribution in [0.5, 0.6) is 0 Å². The Morgan fingerprint density at radius 3 is 2.65 bits per heavy atom. The van der Waals surface area contributed by atoms with Gasteiger partial charge in [0.1, 0.15) is 17.8 Å². The van der Waals surface area contributed by atoms with E-state index in [-0.39, 0.29) is 18.3 Å². The fraction of sp³-hybridized carbons (Fsp3) is 0.800. The number of rotatable bonds is 1. The van der Waals surface area contributed by atoms with Gasteiger partial charge in [0.25, 0.3) is 0 Å². The number of hydrogen-bond acceptors (Lipinski definition) is 6. The Balaban J connectivity index is 1.79. The van der Waals surface area contributed by atoms with E-state index < -0.39 is 46.1 Å². The maximum atomic E-state index is 13.3. The van der Waals surface area contributed by atoms with Gasteiger partial charge in [-0.15, -0.1) is 0 Å². The molecule has 0 radical (unpaired) electrons. The van der Waals surface area contributed by atoms with Gasteiger partial charge in [0.15, 0.2) is 5.78 Å². The molecular weight excluding hydrogens is 336 g/mol. The summed E-state index contributed by atoms with van der Waals surface area (Å²) >= 11 is 0. The van der Waals surface area contributed by atoms with Gasteiger partial charge in [-0.1, -0.05) is 19.9 Å². The van der Waals surface area contributed by atoms with E-state index in [0.717, 1.165) is 19.1 Å². The van der Waals surface area contributed by atoms with Crippen LogP contribution in [0.2, 0.25) is 0 Å². The van der Waals surface area contributed by atoms with E-state index >= 15 is 0 Å². The van der Waals surface area contributed by atoms with Crippen LogP contribution < -0.4 is 0 Å². The first kappa shape index (κ1) is 17.0. The molecule has 0 aromatic rings. The lowest BCUT2D eigenvalue weighted by molar-refractivity contribution is -0.446. The Hall–Kier alpha value is -1.08. The van der Waals surface area contributed by atoms with Gasteiger partial charge in [-0.3, -0.25) is 4.79 Å². The number of ether oxygens (including phenoxy) is 1. The summed E-state index contributed by atoms with van der Waals surface area (Å²) in [7, 11) is 0. The summed E-state index contributed by atoms with van der Waals surface area (Å²) in [5, 5.41) is 33.9. The minimum Gasteiger partial charge on any atom is -0.391 e. The van der Waals surface area contributed by atoms with Crippen LogP contribution in [0.25, 0.3) is 0 Å². The third-order valence-corrected chi connectivity index (χ3v) is 8.80. The first-order chi connectivity index (χ1) is 12.2. The van der Waals surface area contributed by atoms with E-state index in [0.29, 0.717) is 24.8 Å². The Morgan fingerprint density at radius 1 is 1.23 bits per heavy atom. The lowest BCUT2D eigenvalue weighted by atomic mass is 9.36. The molecule has 4 aliphatic carbocycles. The normalized spacial score (nSPS) is 60.5. The van der Waals surface area contributed by atoms with Crippen molar-refractivity contribution in [3.63, 3.8) is 0 Å². The topological polar surface area (TPSA) is 104 Å². The van der Waals surface area contributed by atoms with E-state index in [1.54, 1.807) is 0 Å². The second kappa shape index (κ2) is 4.66. The molecule has 4 saturated carbocycles. The number of aliphatic hydroxyl groups excluding tert-OH is 2. The van der Waals surface area contributed by atoms with Crippen LogP contribution >= 0.6 is 0 Å². The van der Waals surface area contributed by atoms with Crippen molar-refractivity contribution in [3.05, 3.63) is 12.2 Å². The highest BCUT2D eigenvalue weighted by Crippen LogP contribution is 2.76. The van der Waals surface area contributed by atoms with Crippen molar-refractivity contribution in [2.24, 2.45) is 34.0 Å². The molecule has 9 atom stereocenters. The summed E-state index contributed by atoms with van der Waals surface area (Å²) < 4.78 is 5.82. The van der Waals surface area contributed by atoms with Crippen molar-refractivity contribution in [3.8, 4) is 0 Å². The maximum Gasteiger partial charge on any atom is 0.208 e. The highest BCUT2D eigenvalue weighted by molar-refractivity contribution is 6.05. The van der Waals surface area contributed by atoms with E-state index in [4.69, 9.17) is 4.74 Å². The Morgan fingerprint density at radius 2 is 1.96 bits per heavy atom. The van der Waals surface area contributed by atoms with E-state index in [1.165, 1.54) is 0 Å². The molecule has 6 rings (SSSR count). The monoisotopic (exact) mass is 362 g/mol. The van der Waals surface area contributed by atoms with Crippen molar-refractivity contribution >= 4 is 12.1 Å². The molecule has 6 nitrogen and oxygen atoms in total. The molecule has 2 aliphatic heterocycles. The van der Waals surface area contributed by atoms with E-state index in [1.807, 2.05) is 6.92 Å². The van der Waals surface area contributed by atoms with Gasteiger partial charge in [-0.2, -0.15) is 0 Å². The van der Waals surface area contributed by atoms with Gasteiger partial charge in [0.2, 0.25) is 5.79 Å². The summed E-state index contributed by atoms with van der Waals surface area (Å²) in [5.41, 5.74) is -2.61. The van der Waals surface area contributed by atoms with E-state index in [9.17, 15) is 24.9 Å². The minimum atomic E-state index is -2.18. The van der Waals surface area contributed by atoms with E-state index in [2.05, 4.69) is 6.58 Å². The van der Waals surface area contributed by atoms with Crippen LogP contribution in [-0.2, 0) is 14.3 Å². The summed E-state index contributed by atoms with van der Waals surface area (Å²) in [5.74, 6) is -3.75. The van der Waals surface area contributed by atoms with Crippen molar-refractivity contribution in [2.75, 3.05) is 6.61 Å². The zero-order valence-electron chi connectivity index (χ0n) is 15.0. The molecular formula is C20H26O6. The average Bonchev–Trinajstić information content (AvgIpc) is 2.73. The van der Waals surface area contributed by atoms with Crippen LogP contribution in [0.4, 0.5) is 0 Å². The van der Waals surface area contributed by atoms with Crippen LogP contribution in [0.3, 0.4) is 0 Å². The second-order valence-corrected chi connectivity index (χ2v) is 9.52. The van der Waals surface area contributed by atoms with Gasteiger partial charge >= 0.3 is 0 Å². The van der Waals surface area contributed by atoms with Gasteiger partial charge in [0, 0.05) is 22.7 Å². The number of hydrogen-bond donors (Lipinski definition) is 3. The second-order valence-electron chi connectivity index (χ2n) is 9.52. The Labute approximate surface area is 152 Å². The molecule has 2 spiro atoms. The van der Waals surface area contributed by atoms with Crippen LogP contribution in [-0.4, -0.2) is 52.0 Å². The van der Waals surface area contributed by atoms with Crippen LogP contribution in [0.1, 0.15) is 39.0 Å². The van der Waals surface area contributed by atoms with Crippen LogP contribution in [0.15, 0.2) is 12.2 Å². The van der Waals surface area contributed by atoms with Crippen molar-refractivity contribution < 1.29 is 29.6 Å². The fourth-order valence-electron chi connectivity index (χ4n) is 7.86. The predicted octanol–water partition coefficient (Wildman–Crippen LogP) is 0.584. The van der Waals surface area contributed by atoms with Gasteiger partial charge in [-0.05, 0) is 37.2 Å². The highest BCUT2D eigenvalue weighted by Gasteiger charge is 2.85. The molecule has 0 aromatic carbocycles. The lowest BCUT2D eigenvalue weighted by Gasteiger charge is -2.73. The first-order valence-corrected chi connectivity index (χ1v) is 9.63. The lowest BCUT2D eigenvalue weighted by Crippen LogP contribution is -2.84. The number of aldehydes is 1. The zero-order chi connectivity index (χ0) is 18.7. The molecule has 6 aliphatic rings. The van der Waals surface area contributed by atoms with Crippen molar-refractivity contribution in [1.82, 2.24) is 0 Å². The smallest absolute Gasteiger partial charge is 0.208 e. The maximum absolute atomic E-state index is 13.3. The van der Waals surface area contributed by atoms with Crippen LogP contribution in [0, 0.1) is 34.0 Å². The summed E-state index contributed by atoms with van der Waals surface area (Å²) in [6.07, 6.45) is 1.85. The number of fused-ring (bicyclic) bond motifs is 2. The SMILES string of the molecule is C=C1C(=O)C23C(O)C1CCC2C12CCCC(C)(C=O)C1C(O)C3(O)OC2. The molecule has 2 heterocycles. The minimum absolute atomic E-state index is 0.207. The molecule has 9 unspecified atom stereocenters. The fourth-order valence-corrected chi connectivity index (χ4v) is 7.86. The number of Topliss-reactive ketones (excluding diaryl/α,β-unsaturated/α-hetero) is 1. The molecule has 142 valence electrons. The Kier molecular flexibility index (Phi) is 3.06. The summed E-state index contributed by atoms with van der Waals surface area (Å²) in [6, 6.07) is 0. The first-order valence-electron chi connectivity index (χ1n) is 9.63. The zero-order valence-corrected chi connectivity index (χ0v) is 15.0. The molecule has 3 N–H and O–H groups in total. The number of aliphatic hydroxyl groups is 3. The quantitative estimate of drug-likeness (QED) is 0.466. The highest BCUT2D eigenvalue weighted by atomic mass is 16.6. The van der Waals surface area contributed by atoms with Crippen molar-refractivity contribution in [1.29, 1.82) is 0 Å². The number of carbonyl (C=O) groups excluding carboxylic acids is 2. The van der Waals surface area contributed by atoms with Gasteiger partial charge in [-0.25, -0.2) is 0 Å². The largest absolute Gasteiger partial charge is 0.391 e. The number of carbonyl (C=O) groups is 2. The summed E-state index contributed by atoms with van der Waals surface area (Å²) in [4.78, 5) is 25.3.